The van der Waals surface area contributed by atoms with Crippen LogP contribution < -0.4 is 10.6 Å². The molecule has 96 valence electrons. The Morgan fingerprint density at radius 3 is 2.63 bits per heavy atom. The van der Waals surface area contributed by atoms with E-state index in [0.29, 0.717) is 11.7 Å². The maximum absolute atomic E-state index is 11.9. The predicted octanol–water partition coefficient (Wildman–Crippen LogP) is 2.72. The van der Waals surface area contributed by atoms with Gasteiger partial charge in [0.15, 0.2) is 0 Å². The Balaban J connectivity index is 1.73. The highest BCUT2D eigenvalue weighted by atomic mass is 16.2. The van der Waals surface area contributed by atoms with Crippen LogP contribution >= 0.6 is 0 Å². The van der Waals surface area contributed by atoms with Gasteiger partial charge in [-0.25, -0.2) is 0 Å². The highest BCUT2D eigenvalue weighted by Gasteiger charge is 2.24. The first-order valence-electron chi connectivity index (χ1n) is 6.40. The van der Waals surface area contributed by atoms with Crippen molar-refractivity contribution in [2.24, 2.45) is 0 Å². The number of nitrogens with zero attached hydrogens (tertiary/aromatic N) is 1. The molecule has 2 aromatic rings. The maximum atomic E-state index is 11.9. The molecule has 2 N–H and O–H groups in total. The van der Waals surface area contributed by atoms with E-state index in [4.69, 9.17) is 0 Å². The number of pyridine rings is 1. The molecule has 1 amide bonds. The molecule has 1 aromatic carbocycles. The zero-order valence-electron chi connectivity index (χ0n) is 10.5. The Morgan fingerprint density at radius 2 is 1.89 bits per heavy atom. The van der Waals surface area contributed by atoms with E-state index >= 15 is 0 Å². The van der Waals surface area contributed by atoms with E-state index in [1.807, 2.05) is 36.4 Å². The summed E-state index contributed by atoms with van der Waals surface area (Å²) in [5, 5.41) is 6.18. The lowest BCUT2D eigenvalue weighted by Gasteiger charge is -2.08. The maximum Gasteiger partial charge on any atom is 0.270 e. The number of hydrogen-bond acceptors (Lipinski definition) is 3. The molecule has 0 bridgehead atoms. The van der Waals surface area contributed by atoms with Crippen molar-refractivity contribution >= 4 is 17.3 Å². The summed E-state index contributed by atoms with van der Waals surface area (Å²) < 4.78 is 0. The minimum Gasteiger partial charge on any atom is -0.355 e. The first-order valence-corrected chi connectivity index (χ1v) is 6.40. The molecule has 0 atom stereocenters. The molecule has 1 heterocycles. The number of aromatic nitrogens is 1. The van der Waals surface area contributed by atoms with Crippen LogP contribution in [0.1, 0.15) is 23.3 Å². The zero-order chi connectivity index (χ0) is 13.1. The number of benzene rings is 1. The van der Waals surface area contributed by atoms with Crippen molar-refractivity contribution < 1.29 is 4.79 Å². The van der Waals surface area contributed by atoms with Gasteiger partial charge in [-0.1, -0.05) is 18.2 Å². The van der Waals surface area contributed by atoms with E-state index in [0.717, 1.165) is 24.2 Å². The summed E-state index contributed by atoms with van der Waals surface area (Å²) in [4.78, 5) is 16.0. The molecule has 1 aromatic heterocycles. The number of carbonyl (C=O) groups excluding carboxylic acids is 1. The van der Waals surface area contributed by atoms with Crippen LogP contribution in [-0.2, 0) is 0 Å². The third-order valence-corrected chi connectivity index (χ3v) is 2.97. The zero-order valence-corrected chi connectivity index (χ0v) is 10.5. The topological polar surface area (TPSA) is 54.0 Å². The van der Waals surface area contributed by atoms with Crippen molar-refractivity contribution in [1.29, 1.82) is 0 Å². The van der Waals surface area contributed by atoms with Gasteiger partial charge in [0.05, 0.1) is 0 Å². The number of rotatable bonds is 4. The second kappa shape index (κ2) is 5.10. The summed E-state index contributed by atoms with van der Waals surface area (Å²) in [7, 11) is 0. The first kappa shape index (κ1) is 11.7. The third-order valence-electron chi connectivity index (χ3n) is 2.97. The summed E-state index contributed by atoms with van der Waals surface area (Å²) in [5.74, 6) is -0.0980. The summed E-state index contributed by atoms with van der Waals surface area (Å²) in [6, 6.07) is 13.8. The number of nitrogens with one attached hydrogen (secondary N) is 2. The van der Waals surface area contributed by atoms with Gasteiger partial charge in [0.25, 0.3) is 5.91 Å². The van der Waals surface area contributed by atoms with Gasteiger partial charge in [0, 0.05) is 23.6 Å². The van der Waals surface area contributed by atoms with Crippen LogP contribution in [0.4, 0.5) is 11.4 Å². The van der Waals surface area contributed by atoms with E-state index in [2.05, 4.69) is 15.6 Å². The average Bonchev–Trinajstić information content (AvgIpc) is 3.24. The molecule has 0 unspecified atom stereocenters. The Kier molecular flexibility index (Phi) is 3.14. The molecule has 0 aliphatic heterocycles. The van der Waals surface area contributed by atoms with Crippen molar-refractivity contribution in [3.8, 4) is 0 Å². The Hall–Kier alpha value is -2.36. The monoisotopic (exact) mass is 253 g/mol. The summed E-state index contributed by atoms with van der Waals surface area (Å²) in [6.45, 7) is 0. The Bertz CT molecular complexity index is 579. The highest BCUT2D eigenvalue weighted by molar-refractivity contribution is 5.93. The van der Waals surface area contributed by atoms with Crippen LogP contribution in [-0.4, -0.2) is 16.9 Å². The molecule has 0 spiro atoms. The van der Waals surface area contributed by atoms with Gasteiger partial charge in [-0.3, -0.25) is 9.78 Å². The van der Waals surface area contributed by atoms with Crippen LogP contribution in [0, 0.1) is 0 Å². The number of amides is 1. The molecule has 4 heteroatoms. The SMILES string of the molecule is O=C(NC1CC1)c1cc(Nc2ccccc2)ccn1. The fourth-order valence-electron chi connectivity index (χ4n) is 1.81. The molecule has 0 radical (unpaired) electrons. The van der Waals surface area contributed by atoms with E-state index < -0.39 is 0 Å². The van der Waals surface area contributed by atoms with Gasteiger partial charge < -0.3 is 10.6 Å². The van der Waals surface area contributed by atoms with Crippen LogP contribution in [0.3, 0.4) is 0 Å². The van der Waals surface area contributed by atoms with Gasteiger partial charge in [0.2, 0.25) is 0 Å². The molecule has 1 saturated carbocycles. The molecule has 4 nitrogen and oxygen atoms in total. The second-order valence-corrected chi connectivity index (χ2v) is 4.67. The third kappa shape index (κ3) is 3.10. The van der Waals surface area contributed by atoms with E-state index in [1.165, 1.54) is 0 Å². The van der Waals surface area contributed by atoms with E-state index in [9.17, 15) is 4.79 Å². The second-order valence-electron chi connectivity index (χ2n) is 4.67. The number of para-hydroxylation sites is 1. The average molecular weight is 253 g/mol. The lowest BCUT2D eigenvalue weighted by Crippen LogP contribution is -2.26. The van der Waals surface area contributed by atoms with Crippen LogP contribution in [0.15, 0.2) is 48.7 Å². The lowest BCUT2D eigenvalue weighted by atomic mass is 10.2. The van der Waals surface area contributed by atoms with Gasteiger partial charge >= 0.3 is 0 Å². The van der Waals surface area contributed by atoms with Crippen molar-refractivity contribution in [2.45, 2.75) is 18.9 Å². The normalized spacial score (nSPS) is 13.9. The van der Waals surface area contributed by atoms with Crippen molar-refractivity contribution in [1.82, 2.24) is 10.3 Å². The lowest BCUT2D eigenvalue weighted by molar-refractivity contribution is 0.0946. The standard InChI is InChI=1S/C15H15N3O/c19-15(18-12-6-7-12)14-10-13(8-9-16-14)17-11-4-2-1-3-5-11/h1-5,8-10,12H,6-7H2,(H,16,17)(H,18,19). The van der Waals surface area contributed by atoms with Crippen molar-refractivity contribution in [2.75, 3.05) is 5.32 Å². The minimum absolute atomic E-state index is 0.0980. The first-order chi connectivity index (χ1) is 9.31. The number of anilines is 2. The number of hydrogen-bond donors (Lipinski definition) is 2. The van der Waals surface area contributed by atoms with Crippen molar-refractivity contribution in [3.63, 3.8) is 0 Å². The van der Waals surface area contributed by atoms with Crippen LogP contribution in [0.2, 0.25) is 0 Å². The van der Waals surface area contributed by atoms with Gasteiger partial charge in [0.1, 0.15) is 5.69 Å². The number of carbonyl (C=O) groups is 1. The Labute approximate surface area is 111 Å². The Morgan fingerprint density at radius 1 is 1.11 bits per heavy atom. The van der Waals surface area contributed by atoms with Gasteiger partial charge in [-0.15, -0.1) is 0 Å². The molecule has 1 aliphatic rings. The van der Waals surface area contributed by atoms with Crippen LogP contribution in [0.5, 0.6) is 0 Å². The quantitative estimate of drug-likeness (QED) is 0.880. The predicted molar refractivity (Wildman–Crippen MR) is 74.4 cm³/mol. The molecule has 0 saturated heterocycles. The smallest absolute Gasteiger partial charge is 0.270 e. The van der Waals surface area contributed by atoms with Crippen LogP contribution in [0.25, 0.3) is 0 Å². The van der Waals surface area contributed by atoms with E-state index in [1.54, 1.807) is 12.3 Å². The minimum atomic E-state index is -0.0980. The van der Waals surface area contributed by atoms with E-state index in [-0.39, 0.29) is 5.91 Å². The van der Waals surface area contributed by atoms with Gasteiger partial charge in [-0.2, -0.15) is 0 Å². The molecular formula is C15H15N3O. The highest BCUT2D eigenvalue weighted by Crippen LogP contribution is 2.20. The van der Waals surface area contributed by atoms with Crippen molar-refractivity contribution in [3.05, 3.63) is 54.4 Å². The fourth-order valence-corrected chi connectivity index (χ4v) is 1.81. The summed E-state index contributed by atoms with van der Waals surface area (Å²) in [6.07, 6.45) is 3.80. The molecule has 1 fully saturated rings. The summed E-state index contributed by atoms with van der Waals surface area (Å²) in [5.41, 5.74) is 2.30. The van der Waals surface area contributed by atoms with Gasteiger partial charge in [-0.05, 0) is 37.1 Å². The fraction of sp³-hybridized carbons (Fsp3) is 0.200. The molecule has 19 heavy (non-hydrogen) atoms. The molecular weight excluding hydrogens is 238 g/mol. The molecule has 1 aliphatic carbocycles. The summed E-state index contributed by atoms with van der Waals surface area (Å²) >= 11 is 0. The molecule has 3 rings (SSSR count). The largest absolute Gasteiger partial charge is 0.355 e.